The van der Waals surface area contributed by atoms with E-state index in [0.717, 1.165) is 35.6 Å². The minimum absolute atomic E-state index is 0.115. The highest BCUT2D eigenvalue weighted by atomic mass is 19.2. The van der Waals surface area contributed by atoms with Crippen LogP contribution in [0.2, 0.25) is 0 Å². The predicted octanol–water partition coefficient (Wildman–Crippen LogP) is 3.90. The second kappa shape index (κ2) is 6.20. The van der Waals surface area contributed by atoms with E-state index in [9.17, 15) is 13.6 Å². The molecular formula is C21H17F2N3O. The molecule has 4 rings (SSSR count). The molecule has 1 saturated carbocycles. The van der Waals surface area contributed by atoms with Crippen molar-refractivity contribution in [1.29, 1.82) is 0 Å². The molecule has 0 bridgehead atoms. The molecule has 1 aromatic heterocycles. The van der Waals surface area contributed by atoms with Crippen LogP contribution in [0.25, 0.3) is 22.2 Å². The lowest BCUT2D eigenvalue weighted by molar-refractivity contribution is 0.100. The monoisotopic (exact) mass is 365 g/mol. The molecule has 3 aromatic rings. The van der Waals surface area contributed by atoms with Crippen LogP contribution in [0, 0.1) is 30.9 Å². The summed E-state index contributed by atoms with van der Waals surface area (Å²) in [7, 11) is 0. The molecule has 1 heterocycles. The maximum Gasteiger partial charge on any atom is 0.249 e. The summed E-state index contributed by atoms with van der Waals surface area (Å²) in [6.45, 7) is 2.12. The van der Waals surface area contributed by atoms with Crippen LogP contribution in [0.5, 0.6) is 0 Å². The van der Waals surface area contributed by atoms with E-state index in [-0.39, 0.29) is 23.4 Å². The molecule has 27 heavy (non-hydrogen) atoms. The minimum Gasteiger partial charge on any atom is -0.366 e. The molecule has 0 atom stereocenters. The Morgan fingerprint density at radius 1 is 1.37 bits per heavy atom. The van der Waals surface area contributed by atoms with Gasteiger partial charge in [0.25, 0.3) is 0 Å². The molecule has 2 aromatic carbocycles. The lowest BCUT2D eigenvalue weighted by Gasteiger charge is -2.08. The van der Waals surface area contributed by atoms with Crippen LogP contribution in [0.3, 0.4) is 0 Å². The van der Waals surface area contributed by atoms with Crippen molar-refractivity contribution in [2.45, 2.75) is 32.2 Å². The number of hydrogen-bond donors (Lipinski definition) is 1. The molecule has 0 spiro atoms. The van der Waals surface area contributed by atoms with Crippen LogP contribution >= 0.6 is 0 Å². The van der Waals surface area contributed by atoms with Gasteiger partial charge in [0.2, 0.25) is 5.91 Å². The van der Waals surface area contributed by atoms with Crippen molar-refractivity contribution in [1.82, 2.24) is 9.78 Å². The quantitative estimate of drug-likeness (QED) is 0.713. The van der Waals surface area contributed by atoms with Crippen molar-refractivity contribution in [2.24, 2.45) is 5.73 Å². The number of carbonyl (C=O) groups is 1. The molecular weight excluding hydrogens is 348 g/mol. The van der Waals surface area contributed by atoms with Gasteiger partial charge in [-0.1, -0.05) is 17.6 Å². The third-order valence-corrected chi connectivity index (χ3v) is 4.87. The first-order valence-electron chi connectivity index (χ1n) is 8.65. The van der Waals surface area contributed by atoms with E-state index in [1.165, 1.54) is 6.07 Å². The number of hydrogen-bond acceptors (Lipinski definition) is 2. The maximum atomic E-state index is 14.7. The molecule has 1 amide bonds. The number of nitrogens with two attached hydrogens (primary N) is 1. The number of halogens is 2. The largest absolute Gasteiger partial charge is 0.366 e. The summed E-state index contributed by atoms with van der Waals surface area (Å²) in [5.74, 6) is -0.108. The number of aromatic nitrogens is 2. The number of terminal acetylenes is 1. The van der Waals surface area contributed by atoms with Gasteiger partial charge in [0.05, 0.1) is 16.6 Å². The van der Waals surface area contributed by atoms with Crippen LogP contribution in [-0.2, 0) is 6.54 Å². The molecule has 1 aliphatic carbocycles. The van der Waals surface area contributed by atoms with Crippen LogP contribution in [0.15, 0.2) is 24.3 Å². The van der Waals surface area contributed by atoms with Gasteiger partial charge < -0.3 is 5.73 Å². The normalized spacial score (nSPS) is 13.7. The highest BCUT2D eigenvalue weighted by Crippen LogP contribution is 2.45. The number of fused-ring (bicyclic) bond motifs is 1. The molecule has 6 heteroatoms. The van der Waals surface area contributed by atoms with Crippen molar-refractivity contribution >= 4 is 16.8 Å². The average Bonchev–Trinajstić information content (AvgIpc) is 3.40. The lowest BCUT2D eigenvalue weighted by Crippen LogP contribution is -2.14. The average molecular weight is 365 g/mol. The van der Waals surface area contributed by atoms with Gasteiger partial charge in [0, 0.05) is 5.39 Å². The highest BCUT2D eigenvalue weighted by molar-refractivity contribution is 6.05. The van der Waals surface area contributed by atoms with Crippen LogP contribution in [0.1, 0.15) is 40.2 Å². The first-order valence-corrected chi connectivity index (χ1v) is 8.65. The fraction of sp³-hybridized carbons (Fsp3) is 0.238. The first-order chi connectivity index (χ1) is 12.9. The van der Waals surface area contributed by atoms with Gasteiger partial charge in [-0.2, -0.15) is 5.10 Å². The highest BCUT2D eigenvalue weighted by Gasteiger charge is 2.30. The number of primary amides is 1. The van der Waals surface area contributed by atoms with E-state index in [1.807, 2.05) is 13.0 Å². The number of rotatable bonds is 4. The first kappa shape index (κ1) is 17.2. The van der Waals surface area contributed by atoms with Crippen molar-refractivity contribution in [2.75, 3.05) is 0 Å². The van der Waals surface area contributed by atoms with Gasteiger partial charge in [0.1, 0.15) is 12.2 Å². The fourth-order valence-corrected chi connectivity index (χ4v) is 3.58. The molecule has 4 nitrogen and oxygen atoms in total. The Morgan fingerprint density at radius 3 is 2.74 bits per heavy atom. The van der Waals surface area contributed by atoms with Crippen molar-refractivity contribution in [3.8, 4) is 23.6 Å². The summed E-state index contributed by atoms with van der Waals surface area (Å²) in [6, 6.07) is 6.00. The van der Waals surface area contributed by atoms with Gasteiger partial charge in [-0.15, -0.1) is 6.42 Å². The number of benzene rings is 2. The zero-order chi connectivity index (χ0) is 19.3. The van der Waals surface area contributed by atoms with Gasteiger partial charge in [-0.05, 0) is 49.4 Å². The van der Waals surface area contributed by atoms with E-state index in [1.54, 1.807) is 4.68 Å². The van der Waals surface area contributed by atoms with Crippen molar-refractivity contribution < 1.29 is 13.6 Å². The Kier molecular flexibility index (Phi) is 3.96. The summed E-state index contributed by atoms with van der Waals surface area (Å²) in [5, 5.41) is 5.10. The summed E-state index contributed by atoms with van der Waals surface area (Å²) in [5.41, 5.74) is 8.11. The second-order valence-corrected chi connectivity index (χ2v) is 6.88. The Hall–Kier alpha value is -3.20. The van der Waals surface area contributed by atoms with Gasteiger partial charge in [-0.25, -0.2) is 8.78 Å². The zero-order valence-corrected chi connectivity index (χ0v) is 14.7. The number of aryl methyl sites for hydroxylation is 1. The third kappa shape index (κ3) is 2.76. The topological polar surface area (TPSA) is 60.9 Å². The molecule has 2 N–H and O–H groups in total. The zero-order valence-electron chi connectivity index (χ0n) is 14.7. The lowest BCUT2D eigenvalue weighted by atomic mass is 9.97. The molecule has 0 saturated heterocycles. The van der Waals surface area contributed by atoms with Gasteiger partial charge in [0.15, 0.2) is 11.6 Å². The molecule has 0 aliphatic heterocycles. The third-order valence-electron chi connectivity index (χ3n) is 4.87. The molecule has 136 valence electrons. The van der Waals surface area contributed by atoms with E-state index >= 15 is 0 Å². The van der Waals surface area contributed by atoms with Crippen LogP contribution in [0.4, 0.5) is 8.78 Å². The van der Waals surface area contributed by atoms with Gasteiger partial charge in [-0.3, -0.25) is 9.48 Å². The maximum absolute atomic E-state index is 14.7. The van der Waals surface area contributed by atoms with Crippen molar-refractivity contribution in [3.63, 3.8) is 0 Å². The van der Waals surface area contributed by atoms with Crippen molar-refractivity contribution in [3.05, 3.63) is 52.6 Å². The number of carbonyl (C=O) groups excluding carboxylic acids is 1. The second-order valence-electron chi connectivity index (χ2n) is 6.88. The minimum atomic E-state index is -1.15. The SMILES string of the molecule is C#CCn1nc(-c2c(C(N)=O)ccc(F)c2F)c2cc(C)cc(C3CC3)c21. The Labute approximate surface area is 155 Å². The Morgan fingerprint density at radius 2 is 2.11 bits per heavy atom. The Balaban J connectivity index is 2.12. The molecule has 0 radical (unpaired) electrons. The summed E-state index contributed by atoms with van der Waals surface area (Å²) >= 11 is 0. The van der Waals surface area contributed by atoms with Crippen LogP contribution < -0.4 is 5.73 Å². The van der Waals surface area contributed by atoms with E-state index in [2.05, 4.69) is 17.1 Å². The molecule has 1 fully saturated rings. The van der Waals surface area contributed by atoms with Crippen LogP contribution in [-0.4, -0.2) is 15.7 Å². The van der Waals surface area contributed by atoms with E-state index in [0.29, 0.717) is 11.3 Å². The van der Waals surface area contributed by atoms with Gasteiger partial charge >= 0.3 is 0 Å². The summed E-state index contributed by atoms with van der Waals surface area (Å²) in [4.78, 5) is 11.8. The number of nitrogens with zero attached hydrogens (tertiary/aromatic N) is 2. The molecule has 1 aliphatic rings. The Bertz CT molecular complexity index is 1140. The fourth-order valence-electron chi connectivity index (χ4n) is 3.58. The van der Waals surface area contributed by atoms with E-state index < -0.39 is 17.5 Å². The standard InChI is InChI=1S/C21H17F2N3O/c1-3-8-26-20-14(12-4-5-12)9-11(2)10-15(20)19(25-26)17-13(21(24)27)6-7-16(22)18(17)23/h1,6-7,9-10,12H,4-5,8H2,2H3,(H2,24,27). The van der Waals surface area contributed by atoms with E-state index in [4.69, 9.17) is 12.2 Å². The summed E-state index contributed by atoms with van der Waals surface area (Å²) in [6.07, 6.45) is 7.62. The molecule has 0 unspecified atom stereocenters. The predicted molar refractivity (Wildman–Crippen MR) is 99.1 cm³/mol. The summed E-state index contributed by atoms with van der Waals surface area (Å²) < 4.78 is 30.3. The number of amides is 1. The smallest absolute Gasteiger partial charge is 0.249 e.